The van der Waals surface area contributed by atoms with Crippen LogP contribution in [0, 0.1) is 0 Å². The van der Waals surface area contributed by atoms with Gasteiger partial charge in [0.1, 0.15) is 0 Å². The maximum absolute atomic E-state index is 13.1. The first-order valence-electron chi connectivity index (χ1n) is 7.88. The fourth-order valence-electron chi connectivity index (χ4n) is 3.96. The summed E-state index contributed by atoms with van der Waals surface area (Å²) in [7, 11) is 0. The van der Waals surface area contributed by atoms with Gasteiger partial charge in [0, 0.05) is 6.04 Å². The Kier molecular flexibility index (Phi) is 3.79. The number of carbonyl (C=O) groups is 1. The van der Waals surface area contributed by atoms with Crippen LogP contribution in [-0.4, -0.2) is 17.0 Å². The minimum atomic E-state index is -0.362. The van der Waals surface area contributed by atoms with Crippen molar-refractivity contribution < 1.29 is 4.79 Å². The molecule has 0 unspecified atom stereocenters. The molecule has 3 heteroatoms. The summed E-state index contributed by atoms with van der Waals surface area (Å²) in [4.78, 5) is 13.1. The molecule has 3 nitrogen and oxygen atoms in total. The van der Waals surface area contributed by atoms with Crippen molar-refractivity contribution in [3.05, 3.63) is 35.9 Å². The van der Waals surface area contributed by atoms with Crippen molar-refractivity contribution in [2.45, 2.75) is 62.8 Å². The second kappa shape index (κ2) is 5.57. The Bertz CT molecular complexity index is 459. The van der Waals surface area contributed by atoms with E-state index in [1.807, 2.05) is 18.2 Å². The summed E-state index contributed by atoms with van der Waals surface area (Å²) in [5, 5.41) is 1.57. The summed E-state index contributed by atoms with van der Waals surface area (Å²) in [5.41, 5.74) is 0.787. The second-order valence-corrected chi connectivity index (χ2v) is 6.31. The van der Waals surface area contributed by atoms with Crippen molar-refractivity contribution in [3.63, 3.8) is 0 Å². The number of hydrazine groups is 1. The molecule has 20 heavy (non-hydrogen) atoms. The third kappa shape index (κ3) is 2.24. The first kappa shape index (κ1) is 13.6. The summed E-state index contributed by atoms with van der Waals surface area (Å²) in [6, 6.07) is 10.5. The van der Waals surface area contributed by atoms with Gasteiger partial charge in [0.2, 0.25) is 5.91 Å². The van der Waals surface area contributed by atoms with Gasteiger partial charge in [-0.2, -0.15) is 0 Å². The van der Waals surface area contributed by atoms with Crippen molar-refractivity contribution in [3.8, 4) is 0 Å². The highest BCUT2D eigenvalue weighted by Gasteiger charge is 2.45. The molecule has 0 atom stereocenters. The third-order valence-corrected chi connectivity index (χ3v) is 5.15. The van der Waals surface area contributed by atoms with Gasteiger partial charge in [-0.3, -0.25) is 9.80 Å². The molecule has 0 radical (unpaired) electrons. The van der Waals surface area contributed by atoms with Crippen LogP contribution in [0.2, 0.25) is 0 Å². The molecule has 2 aliphatic carbocycles. The highest BCUT2D eigenvalue weighted by atomic mass is 16.2. The molecule has 2 saturated carbocycles. The molecule has 1 aromatic carbocycles. The van der Waals surface area contributed by atoms with Crippen LogP contribution in [-0.2, 0) is 10.2 Å². The number of hydrogen-bond donors (Lipinski definition) is 1. The van der Waals surface area contributed by atoms with E-state index in [1.54, 1.807) is 5.01 Å². The van der Waals surface area contributed by atoms with E-state index in [9.17, 15) is 4.79 Å². The first-order chi connectivity index (χ1) is 9.74. The number of hydrogen-bond acceptors (Lipinski definition) is 2. The highest BCUT2D eigenvalue weighted by Crippen LogP contribution is 2.43. The minimum absolute atomic E-state index is 0.146. The van der Waals surface area contributed by atoms with Crippen molar-refractivity contribution in [2.24, 2.45) is 5.84 Å². The van der Waals surface area contributed by atoms with E-state index in [1.165, 1.54) is 12.8 Å². The van der Waals surface area contributed by atoms with Gasteiger partial charge in [-0.15, -0.1) is 0 Å². The van der Waals surface area contributed by atoms with E-state index < -0.39 is 0 Å². The van der Waals surface area contributed by atoms with Crippen molar-refractivity contribution in [1.82, 2.24) is 5.01 Å². The van der Waals surface area contributed by atoms with Crippen molar-refractivity contribution in [2.75, 3.05) is 0 Å². The molecule has 108 valence electrons. The fourth-order valence-corrected chi connectivity index (χ4v) is 3.96. The summed E-state index contributed by atoms with van der Waals surface area (Å²) in [6.07, 6.45) is 8.65. The van der Waals surface area contributed by atoms with Gasteiger partial charge in [0.25, 0.3) is 0 Å². The second-order valence-electron chi connectivity index (χ2n) is 6.31. The standard InChI is InChI=1S/C17H24N2O/c18-19(15-10-4-5-11-15)16(20)17(12-6-7-13-17)14-8-2-1-3-9-14/h1-3,8-9,15H,4-7,10-13,18H2. The molecule has 1 amide bonds. The van der Waals surface area contributed by atoms with Gasteiger partial charge in [0.05, 0.1) is 5.41 Å². The zero-order valence-corrected chi connectivity index (χ0v) is 12.1. The number of benzene rings is 1. The van der Waals surface area contributed by atoms with Crippen LogP contribution in [0.15, 0.2) is 30.3 Å². The van der Waals surface area contributed by atoms with Crippen molar-refractivity contribution >= 4 is 5.91 Å². The molecular weight excluding hydrogens is 248 g/mol. The Morgan fingerprint density at radius 3 is 2.25 bits per heavy atom. The summed E-state index contributed by atoms with van der Waals surface area (Å²) in [6.45, 7) is 0. The lowest BCUT2D eigenvalue weighted by Gasteiger charge is -2.35. The molecule has 3 rings (SSSR count). The van der Waals surface area contributed by atoms with Gasteiger partial charge in [-0.25, -0.2) is 5.84 Å². The molecule has 2 aliphatic rings. The van der Waals surface area contributed by atoms with E-state index in [2.05, 4.69) is 12.1 Å². The highest BCUT2D eigenvalue weighted by molar-refractivity contribution is 5.88. The van der Waals surface area contributed by atoms with E-state index >= 15 is 0 Å². The molecule has 0 heterocycles. The van der Waals surface area contributed by atoms with Gasteiger partial charge >= 0.3 is 0 Å². The zero-order valence-electron chi connectivity index (χ0n) is 12.1. The van der Waals surface area contributed by atoms with E-state index in [0.29, 0.717) is 0 Å². The predicted octanol–water partition coefficient (Wildman–Crippen LogP) is 3.14. The van der Waals surface area contributed by atoms with Crippen LogP contribution in [0.25, 0.3) is 0 Å². The summed E-state index contributed by atoms with van der Waals surface area (Å²) in [5.74, 6) is 6.36. The Labute approximate surface area is 121 Å². The number of rotatable bonds is 3. The molecule has 2 fully saturated rings. The topological polar surface area (TPSA) is 46.3 Å². The van der Waals surface area contributed by atoms with Gasteiger partial charge in [0.15, 0.2) is 0 Å². The Morgan fingerprint density at radius 2 is 1.65 bits per heavy atom. The first-order valence-corrected chi connectivity index (χ1v) is 7.88. The largest absolute Gasteiger partial charge is 0.277 e. The van der Waals surface area contributed by atoms with E-state index in [0.717, 1.165) is 44.1 Å². The molecule has 0 aliphatic heterocycles. The predicted molar refractivity (Wildman–Crippen MR) is 79.9 cm³/mol. The lowest BCUT2D eigenvalue weighted by molar-refractivity contribution is -0.140. The van der Waals surface area contributed by atoms with E-state index in [4.69, 9.17) is 5.84 Å². The van der Waals surface area contributed by atoms with Gasteiger partial charge in [-0.05, 0) is 31.2 Å². The molecule has 0 saturated heterocycles. The average molecular weight is 272 g/mol. The zero-order chi connectivity index (χ0) is 14.0. The molecule has 0 bridgehead atoms. The molecule has 1 aromatic rings. The van der Waals surface area contributed by atoms with Crippen LogP contribution in [0.4, 0.5) is 0 Å². The van der Waals surface area contributed by atoms with Gasteiger partial charge in [-0.1, -0.05) is 56.0 Å². The Hall–Kier alpha value is -1.35. The number of amides is 1. The van der Waals surface area contributed by atoms with Crippen LogP contribution in [0.5, 0.6) is 0 Å². The quantitative estimate of drug-likeness (QED) is 0.522. The van der Waals surface area contributed by atoms with Crippen LogP contribution in [0.1, 0.15) is 56.9 Å². The lowest BCUT2D eigenvalue weighted by Crippen LogP contribution is -2.53. The number of nitrogens with two attached hydrogens (primary N) is 1. The molecular formula is C17H24N2O. The average Bonchev–Trinajstić information content (AvgIpc) is 3.18. The van der Waals surface area contributed by atoms with Crippen LogP contribution < -0.4 is 5.84 Å². The van der Waals surface area contributed by atoms with Crippen LogP contribution in [0.3, 0.4) is 0 Å². The monoisotopic (exact) mass is 272 g/mol. The Balaban J connectivity index is 1.88. The Morgan fingerprint density at radius 1 is 1.05 bits per heavy atom. The number of carbonyl (C=O) groups excluding carboxylic acids is 1. The SMILES string of the molecule is NN(C(=O)C1(c2ccccc2)CCCC1)C1CCCC1. The maximum Gasteiger partial charge on any atom is 0.247 e. The van der Waals surface area contributed by atoms with E-state index in [-0.39, 0.29) is 17.4 Å². The maximum atomic E-state index is 13.1. The lowest BCUT2D eigenvalue weighted by atomic mass is 9.77. The summed E-state index contributed by atoms with van der Waals surface area (Å²) < 4.78 is 0. The molecule has 0 aromatic heterocycles. The van der Waals surface area contributed by atoms with Crippen molar-refractivity contribution in [1.29, 1.82) is 0 Å². The minimum Gasteiger partial charge on any atom is -0.277 e. The third-order valence-electron chi connectivity index (χ3n) is 5.15. The number of nitrogens with zero attached hydrogens (tertiary/aromatic N) is 1. The fraction of sp³-hybridized carbons (Fsp3) is 0.588. The van der Waals surface area contributed by atoms with Gasteiger partial charge < -0.3 is 0 Å². The normalized spacial score (nSPS) is 22.1. The molecule has 2 N–H and O–H groups in total. The summed E-state index contributed by atoms with van der Waals surface area (Å²) >= 11 is 0. The van der Waals surface area contributed by atoms with Crippen LogP contribution >= 0.6 is 0 Å². The molecule has 0 spiro atoms. The smallest absolute Gasteiger partial charge is 0.247 e.